The molecule has 1 aromatic carbocycles. The van der Waals surface area contributed by atoms with E-state index < -0.39 is 0 Å². The minimum Gasteiger partial charge on any atom is -0.368 e. The maximum Gasteiger partial charge on any atom is 0.255 e. The van der Waals surface area contributed by atoms with Crippen LogP contribution in [0.1, 0.15) is 40.7 Å². The minimum absolute atomic E-state index is 0.00659. The highest BCUT2D eigenvalue weighted by atomic mass is 32.1. The van der Waals surface area contributed by atoms with E-state index >= 15 is 0 Å². The Morgan fingerprint density at radius 2 is 2.03 bits per heavy atom. The highest BCUT2D eigenvalue weighted by Gasteiger charge is 2.26. The topological polar surface area (TPSA) is 101 Å². The van der Waals surface area contributed by atoms with Crippen LogP contribution in [0, 0.1) is 0 Å². The van der Waals surface area contributed by atoms with Crippen LogP contribution in [0.5, 0.6) is 0 Å². The molecule has 2 aromatic rings. The first kappa shape index (κ1) is 20.6. The molecule has 8 nitrogen and oxygen atoms in total. The smallest absolute Gasteiger partial charge is 0.255 e. The Kier molecular flexibility index (Phi) is 6.21. The second-order valence-electron chi connectivity index (χ2n) is 7.52. The largest absolute Gasteiger partial charge is 0.368 e. The van der Waals surface area contributed by atoms with Crippen LogP contribution in [0.2, 0.25) is 0 Å². The molecule has 30 heavy (non-hydrogen) atoms. The van der Waals surface area contributed by atoms with Crippen LogP contribution < -0.4 is 10.6 Å². The average molecular weight is 429 g/mol. The third-order valence-corrected chi connectivity index (χ3v) is 6.20. The van der Waals surface area contributed by atoms with Crippen molar-refractivity contribution in [3.8, 4) is 0 Å². The number of ketones is 1. The molecule has 4 rings (SSSR count). The molecule has 2 aliphatic heterocycles. The lowest BCUT2D eigenvalue weighted by Gasteiger charge is -2.25. The van der Waals surface area contributed by atoms with Gasteiger partial charge in [-0.1, -0.05) is 0 Å². The van der Waals surface area contributed by atoms with Gasteiger partial charge in [-0.15, -0.1) is 11.3 Å². The molecule has 1 atom stereocenters. The summed E-state index contributed by atoms with van der Waals surface area (Å²) in [5.74, 6) is -0.246. The van der Waals surface area contributed by atoms with Gasteiger partial charge in [0.05, 0.1) is 12.2 Å². The van der Waals surface area contributed by atoms with Gasteiger partial charge in [0.15, 0.2) is 10.9 Å². The summed E-state index contributed by atoms with van der Waals surface area (Å²) in [6.45, 7) is 3.76. The van der Waals surface area contributed by atoms with Crippen molar-refractivity contribution in [2.75, 3.05) is 30.3 Å². The Labute approximate surface area is 178 Å². The number of hydrogen-bond acceptors (Lipinski definition) is 7. The summed E-state index contributed by atoms with van der Waals surface area (Å²) < 4.78 is 5.41. The van der Waals surface area contributed by atoms with E-state index in [1.807, 2.05) is 0 Å². The maximum atomic E-state index is 12.4. The number of benzene rings is 1. The molecule has 2 N–H and O–H groups in total. The molecule has 1 saturated heterocycles. The van der Waals surface area contributed by atoms with E-state index in [1.54, 1.807) is 24.3 Å². The molecule has 2 aliphatic rings. The van der Waals surface area contributed by atoms with Gasteiger partial charge in [-0.3, -0.25) is 24.6 Å². The zero-order chi connectivity index (χ0) is 21.1. The molecule has 0 saturated carbocycles. The summed E-state index contributed by atoms with van der Waals surface area (Å²) in [5, 5.41) is 6.33. The van der Waals surface area contributed by atoms with E-state index in [4.69, 9.17) is 4.74 Å². The number of ether oxygens (including phenoxy) is 1. The van der Waals surface area contributed by atoms with E-state index in [2.05, 4.69) is 20.5 Å². The number of Topliss-reactive ketones (excluding diaryl/α,β-unsaturated/α-hetero) is 1. The molecule has 0 aliphatic carbocycles. The summed E-state index contributed by atoms with van der Waals surface area (Å²) in [6, 6.07) is 6.87. The number of nitrogens with zero attached hydrogens (tertiary/aromatic N) is 2. The van der Waals surface area contributed by atoms with Gasteiger partial charge in [-0.25, -0.2) is 4.98 Å². The SMILES string of the molecule is CC(=O)c1ccc(NC(=O)CN2CCc3nc(NC(=O)C4CCCO4)sc3C2)cc1. The quantitative estimate of drug-likeness (QED) is 0.686. The third-order valence-electron chi connectivity index (χ3n) is 5.20. The van der Waals surface area contributed by atoms with Crippen LogP contribution in [0.3, 0.4) is 0 Å². The molecule has 0 spiro atoms. The van der Waals surface area contributed by atoms with Crippen molar-refractivity contribution in [2.45, 2.75) is 38.8 Å². The Morgan fingerprint density at radius 3 is 2.73 bits per heavy atom. The first-order chi connectivity index (χ1) is 14.5. The van der Waals surface area contributed by atoms with Gasteiger partial charge in [-0.05, 0) is 44.0 Å². The summed E-state index contributed by atoms with van der Waals surface area (Å²) >= 11 is 1.46. The van der Waals surface area contributed by atoms with Crippen molar-refractivity contribution < 1.29 is 19.1 Å². The van der Waals surface area contributed by atoms with Crippen LogP contribution in [-0.4, -0.2) is 53.3 Å². The fourth-order valence-electron chi connectivity index (χ4n) is 3.60. The third kappa shape index (κ3) is 4.92. The van der Waals surface area contributed by atoms with E-state index in [-0.39, 0.29) is 30.2 Å². The summed E-state index contributed by atoms with van der Waals surface area (Å²) in [4.78, 5) is 43.6. The second-order valence-corrected chi connectivity index (χ2v) is 8.61. The van der Waals surface area contributed by atoms with Crippen LogP contribution in [0.15, 0.2) is 24.3 Å². The lowest BCUT2D eigenvalue weighted by Crippen LogP contribution is -2.36. The Hall–Kier alpha value is -2.62. The van der Waals surface area contributed by atoms with Gasteiger partial charge in [0.25, 0.3) is 5.91 Å². The highest BCUT2D eigenvalue weighted by molar-refractivity contribution is 7.15. The number of hydrogen-bond donors (Lipinski definition) is 2. The average Bonchev–Trinajstić information content (AvgIpc) is 3.37. The molecule has 2 amide bonds. The van der Waals surface area contributed by atoms with Crippen molar-refractivity contribution in [3.05, 3.63) is 40.4 Å². The van der Waals surface area contributed by atoms with Crippen molar-refractivity contribution in [1.29, 1.82) is 0 Å². The molecule has 158 valence electrons. The maximum absolute atomic E-state index is 12.4. The normalized spacial score (nSPS) is 18.6. The number of carbonyl (C=O) groups excluding carboxylic acids is 3. The first-order valence-corrected chi connectivity index (χ1v) is 10.8. The zero-order valence-corrected chi connectivity index (χ0v) is 17.6. The van der Waals surface area contributed by atoms with Gasteiger partial charge in [0.1, 0.15) is 6.10 Å². The monoisotopic (exact) mass is 428 g/mol. The van der Waals surface area contributed by atoms with E-state index in [1.165, 1.54) is 18.3 Å². The van der Waals surface area contributed by atoms with Crippen LogP contribution in [-0.2, 0) is 27.3 Å². The van der Waals surface area contributed by atoms with Gasteiger partial charge in [0, 0.05) is 42.2 Å². The van der Waals surface area contributed by atoms with Crippen LogP contribution >= 0.6 is 11.3 Å². The fraction of sp³-hybridized carbons (Fsp3) is 0.429. The minimum atomic E-state index is -0.379. The van der Waals surface area contributed by atoms with E-state index in [0.29, 0.717) is 29.5 Å². The predicted molar refractivity (Wildman–Crippen MR) is 114 cm³/mol. The van der Waals surface area contributed by atoms with Crippen molar-refractivity contribution in [3.63, 3.8) is 0 Å². The number of amides is 2. The number of aromatic nitrogens is 1. The molecule has 1 aromatic heterocycles. The van der Waals surface area contributed by atoms with Crippen LogP contribution in [0.25, 0.3) is 0 Å². The number of fused-ring (bicyclic) bond motifs is 1. The molecular formula is C21H24N4O4S. The van der Waals surface area contributed by atoms with Crippen molar-refractivity contribution in [2.24, 2.45) is 0 Å². The van der Waals surface area contributed by atoms with Gasteiger partial charge >= 0.3 is 0 Å². The highest BCUT2D eigenvalue weighted by Crippen LogP contribution is 2.29. The summed E-state index contributed by atoms with van der Waals surface area (Å²) in [6.07, 6.45) is 2.01. The standard InChI is InChI=1S/C21H24N4O4S/c1-13(26)14-4-6-15(7-5-14)22-19(27)12-25-9-8-16-18(11-25)30-21(23-16)24-20(28)17-3-2-10-29-17/h4-7,17H,2-3,8-12H2,1H3,(H,22,27)(H,23,24,28). The number of thiazole rings is 1. The molecule has 1 fully saturated rings. The number of rotatable bonds is 6. The molecular weight excluding hydrogens is 404 g/mol. The van der Waals surface area contributed by atoms with Gasteiger partial charge in [0.2, 0.25) is 5.91 Å². The predicted octanol–water partition coefficient (Wildman–Crippen LogP) is 2.46. The number of nitrogens with one attached hydrogen (secondary N) is 2. The van der Waals surface area contributed by atoms with Gasteiger partial charge in [-0.2, -0.15) is 0 Å². The number of carbonyl (C=O) groups is 3. The Balaban J connectivity index is 1.30. The summed E-state index contributed by atoms with van der Waals surface area (Å²) in [7, 11) is 0. The Bertz CT molecular complexity index is 950. The van der Waals surface area contributed by atoms with Crippen molar-refractivity contribution >= 4 is 39.8 Å². The van der Waals surface area contributed by atoms with Crippen LogP contribution in [0.4, 0.5) is 10.8 Å². The number of anilines is 2. The molecule has 9 heteroatoms. The molecule has 3 heterocycles. The first-order valence-electron chi connectivity index (χ1n) is 10.0. The molecule has 0 radical (unpaired) electrons. The van der Waals surface area contributed by atoms with Crippen molar-refractivity contribution in [1.82, 2.24) is 9.88 Å². The molecule has 1 unspecified atom stereocenters. The Morgan fingerprint density at radius 1 is 1.23 bits per heavy atom. The van der Waals surface area contributed by atoms with Gasteiger partial charge < -0.3 is 10.1 Å². The lowest BCUT2D eigenvalue weighted by molar-refractivity contribution is -0.124. The van der Waals surface area contributed by atoms with E-state index in [9.17, 15) is 14.4 Å². The van der Waals surface area contributed by atoms with E-state index in [0.717, 1.165) is 36.4 Å². The summed E-state index contributed by atoms with van der Waals surface area (Å²) in [5.41, 5.74) is 2.27. The second kappa shape index (κ2) is 9.03. The lowest BCUT2D eigenvalue weighted by atomic mass is 10.1. The fourth-order valence-corrected chi connectivity index (χ4v) is 4.65. The zero-order valence-electron chi connectivity index (χ0n) is 16.8. The molecule has 0 bridgehead atoms.